The highest BCUT2D eigenvalue weighted by atomic mass is 79.9. The second kappa shape index (κ2) is 6.85. The highest BCUT2D eigenvalue weighted by molar-refractivity contribution is 9.10. The van der Waals surface area contributed by atoms with E-state index in [-0.39, 0.29) is 5.82 Å². The van der Waals surface area contributed by atoms with Crippen LogP contribution in [-0.4, -0.2) is 6.04 Å². The zero-order chi connectivity index (χ0) is 13.8. The monoisotopic (exact) mass is 327 g/mol. The van der Waals surface area contributed by atoms with Crippen molar-refractivity contribution in [2.45, 2.75) is 52.1 Å². The molecule has 0 heterocycles. The molecule has 0 saturated heterocycles. The van der Waals surface area contributed by atoms with Gasteiger partial charge in [-0.1, -0.05) is 32.8 Å². The molecule has 0 bridgehead atoms. The van der Waals surface area contributed by atoms with Gasteiger partial charge >= 0.3 is 0 Å². The van der Waals surface area contributed by atoms with Crippen LogP contribution in [0.4, 0.5) is 4.39 Å². The lowest BCUT2D eigenvalue weighted by molar-refractivity contribution is 0.204. The largest absolute Gasteiger partial charge is 0.310 e. The summed E-state index contributed by atoms with van der Waals surface area (Å²) >= 11 is 3.24. The number of benzene rings is 1. The van der Waals surface area contributed by atoms with Gasteiger partial charge in [0.15, 0.2) is 0 Å². The molecule has 0 aliphatic heterocycles. The van der Waals surface area contributed by atoms with Gasteiger partial charge in [0.1, 0.15) is 5.82 Å². The van der Waals surface area contributed by atoms with Gasteiger partial charge in [-0.3, -0.25) is 0 Å². The maximum Gasteiger partial charge on any atom is 0.137 e. The Balaban J connectivity index is 1.94. The molecule has 19 heavy (non-hydrogen) atoms. The second-order valence-electron chi connectivity index (χ2n) is 5.93. The second-order valence-corrected chi connectivity index (χ2v) is 6.78. The van der Waals surface area contributed by atoms with Crippen molar-refractivity contribution in [1.82, 2.24) is 5.32 Å². The molecule has 1 fully saturated rings. The van der Waals surface area contributed by atoms with Crippen LogP contribution in [0.1, 0.15) is 45.1 Å². The van der Waals surface area contributed by atoms with Crippen molar-refractivity contribution < 1.29 is 4.39 Å². The molecule has 1 aliphatic rings. The summed E-state index contributed by atoms with van der Waals surface area (Å²) in [5.74, 6) is 1.32. The summed E-state index contributed by atoms with van der Waals surface area (Å²) in [6, 6.07) is 5.87. The first-order valence-electron chi connectivity index (χ1n) is 7.25. The summed E-state index contributed by atoms with van der Waals surface area (Å²) in [5.41, 5.74) is 1.14. The molecule has 0 aromatic heterocycles. The van der Waals surface area contributed by atoms with Gasteiger partial charge in [-0.15, -0.1) is 0 Å². The number of rotatable bonds is 4. The molecule has 1 N–H and O–H groups in total. The van der Waals surface area contributed by atoms with Crippen LogP contribution in [0.3, 0.4) is 0 Å². The Morgan fingerprint density at radius 2 is 2.05 bits per heavy atom. The predicted octanol–water partition coefficient (Wildman–Crippen LogP) is 4.89. The fourth-order valence-electron chi connectivity index (χ4n) is 3.11. The lowest BCUT2D eigenvalue weighted by Crippen LogP contribution is -2.40. The number of hydrogen-bond donors (Lipinski definition) is 1. The van der Waals surface area contributed by atoms with Gasteiger partial charge in [-0.2, -0.15) is 0 Å². The third-order valence-corrected chi connectivity index (χ3v) is 4.84. The van der Waals surface area contributed by atoms with Crippen molar-refractivity contribution >= 4 is 15.9 Å². The summed E-state index contributed by atoms with van der Waals surface area (Å²) in [4.78, 5) is 0. The van der Waals surface area contributed by atoms with E-state index < -0.39 is 0 Å². The van der Waals surface area contributed by atoms with Crippen LogP contribution in [0, 0.1) is 17.7 Å². The van der Waals surface area contributed by atoms with Crippen LogP contribution in [0.15, 0.2) is 22.7 Å². The summed E-state index contributed by atoms with van der Waals surface area (Å²) in [6.07, 6.45) is 5.30. The lowest BCUT2D eigenvalue weighted by atomic mass is 9.78. The average molecular weight is 328 g/mol. The highest BCUT2D eigenvalue weighted by Crippen LogP contribution is 2.30. The Bertz CT molecular complexity index is 419. The van der Waals surface area contributed by atoms with Crippen molar-refractivity contribution in [2.75, 3.05) is 0 Å². The molecule has 0 spiro atoms. The van der Waals surface area contributed by atoms with Crippen molar-refractivity contribution in [1.29, 1.82) is 0 Å². The lowest BCUT2D eigenvalue weighted by Gasteiger charge is -2.35. The molecule has 2 rings (SSSR count). The average Bonchev–Trinajstić information content (AvgIpc) is 2.40. The molecule has 1 nitrogen and oxygen atoms in total. The van der Waals surface area contributed by atoms with E-state index in [1.165, 1.54) is 31.7 Å². The third-order valence-electron chi connectivity index (χ3n) is 4.23. The van der Waals surface area contributed by atoms with Crippen LogP contribution in [0.5, 0.6) is 0 Å². The maximum atomic E-state index is 13.2. The van der Waals surface area contributed by atoms with Gasteiger partial charge in [0.25, 0.3) is 0 Å². The van der Waals surface area contributed by atoms with Crippen molar-refractivity contribution in [3.05, 3.63) is 34.1 Å². The van der Waals surface area contributed by atoms with Crippen LogP contribution in [0.25, 0.3) is 0 Å². The van der Waals surface area contributed by atoms with E-state index in [1.807, 2.05) is 12.1 Å². The smallest absolute Gasteiger partial charge is 0.137 e. The molecular weight excluding hydrogens is 305 g/mol. The third kappa shape index (κ3) is 4.03. The fraction of sp³-hybridized carbons (Fsp3) is 0.625. The van der Waals surface area contributed by atoms with Crippen LogP contribution in [0.2, 0.25) is 0 Å². The molecule has 2 unspecified atom stereocenters. The molecule has 3 heteroatoms. The van der Waals surface area contributed by atoms with Gasteiger partial charge < -0.3 is 5.32 Å². The zero-order valence-electron chi connectivity index (χ0n) is 11.8. The number of halogens is 2. The van der Waals surface area contributed by atoms with Crippen LogP contribution >= 0.6 is 15.9 Å². The Morgan fingerprint density at radius 3 is 2.74 bits per heavy atom. The molecule has 1 saturated carbocycles. The quantitative estimate of drug-likeness (QED) is 0.829. The summed E-state index contributed by atoms with van der Waals surface area (Å²) < 4.78 is 13.7. The first kappa shape index (κ1) is 15.0. The van der Waals surface area contributed by atoms with E-state index >= 15 is 0 Å². The van der Waals surface area contributed by atoms with Crippen LogP contribution in [-0.2, 0) is 6.54 Å². The zero-order valence-corrected chi connectivity index (χ0v) is 13.3. The summed E-state index contributed by atoms with van der Waals surface area (Å²) in [7, 11) is 0. The molecule has 2 atom stereocenters. The van der Waals surface area contributed by atoms with Gasteiger partial charge in [0.2, 0.25) is 0 Å². The molecular formula is C16H23BrFN. The van der Waals surface area contributed by atoms with E-state index in [0.717, 1.165) is 23.9 Å². The van der Waals surface area contributed by atoms with Crippen LogP contribution < -0.4 is 5.32 Å². The maximum absolute atomic E-state index is 13.2. The minimum Gasteiger partial charge on any atom is -0.310 e. The first-order valence-corrected chi connectivity index (χ1v) is 8.04. The van der Waals surface area contributed by atoms with Gasteiger partial charge in [-0.25, -0.2) is 4.39 Å². The SMILES string of the molecule is CC(C)C1CCCCC1NCc1ccc(F)c(Br)c1. The molecule has 0 radical (unpaired) electrons. The molecule has 106 valence electrons. The topological polar surface area (TPSA) is 12.0 Å². The van der Waals surface area contributed by atoms with E-state index in [1.54, 1.807) is 0 Å². The van der Waals surface area contributed by atoms with E-state index in [2.05, 4.69) is 35.1 Å². The molecule has 1 aromatic rings. The van der Waals surface area contributed by atoms with Crippen molar-refractivity contribution in [3.63, 3.8) is 0 Å². The van der Waals surface area contributed by atoms with Crippen molar-refractivity contribution in [3.8, 4) is 0 Å². The standard InChI is InChI=1S/C16H23BrFN/c1-11(2)13-5-3-4-6-16(13)19-10-12-7-8-15(18)14(17)9-12/h7-9,11,13,16,19H,3-6,10H2,1-2H3. The van der Waals surface area contributed by atoms with E-state index in [4.69, 9.17) is 0 Å². The van der Waals surface area contributed by atoms with Gasteiger partial charge in [-0.05, 0) is 58.3 Å². The fourth-order valence-corrected chi connectivity index (χ4v) is 3.54. The molecule has 1 aromatic carbocycles. The highest BCUT2D eigenvalue weighted by Gasteiger charge is 2.26. The number of hydrogen-bond acceptors (Lipinski definition) is 1. The summed E-state index contributed by atoms with van der Waals surface area (Å²) in [6.45, 7) is 5.46. The normalized spacial score (nSPS) is 23.8. The summed E-state index contributed by atoms with van der Waals surface area (Å²) in [5, 5.41) is 3.67. The Hall–Kier alpha value is -0.410. The predicted molar refractivity (Wildman–Crippen MR) is 81.5 cm³/mol. The first-order chi connectivity index (χ1) is 9.08. The van der Waals surface area contributed by atoms with Crippen molar-refractivity contribution in [2.24, 2.45) is 11.8 Å². The Labute approximate surface area is 124 Å². The van der Waals surface area contributed by atoms with Gasteiger partial charge in [0.05, 0.1) is 4.47 Å². The Morgan fingerprint density at radius 1 is 1.32 bits per heavy atom. The Kier molecular flexibility index (Phi) is 5.40. The molecule has 0 amide bonds. The minimum atomic E-state index is -0.193. The van der Waals surface area contributed by atoms with E-state index in [0.29, 0.717) is 10.5 Å². The van der Waals surface area contributed by atoms with E-state index in [9.17, 15) is 4.39 Å². The number of nitrogens with one attached hydrogen (secondary N) is 1. The molecule has 1 aliphatic carbocycles. The minimum absolute atomic E-state index is 0.193. The van der Waals surface area contributed by atoms with Gasteiger partial charge in [0, 0.05) is 12.6 Å².